The minimum absolute atomic E-state index is 0.0449. The molecule has 0 spiro atoms. The highest BCUT2D eigenvalue weighted by atomic mass is 32.2. The molecule has 1 fully saturated rings. The molecule has 0 atom stereocenters. The van der Waals surface area contributed by atoms with Crippen molar-refractivity contribution in [2.24, 2.45) is 0 Å². The first kappa shape index (κ1) is 20.7. The summed E-state index contributed by atoms with van der Waals surface area (Å²) in [5, 5.41) is 13.5. The van der Waals surface area contributed by atoms with Gasteiger partial charge in [-0.3, -0.25) is 14.9 Å². The lowest BCUT2D eigenvalue weighted by Crippen LogP contribution is -2.27. The van der Waals surface area contributed by atoms with Crippen molar-refractivity contribution in [1.29, 1.82) is 0 Å². The van der Waals surface area contributed by atoms with Gasteiger partial charge in [-0.1, -0.05) is 24.3 Å². The van der Waals surface area contributed by atoms with Crippen LogP contribution < -0.4 is 5.32 Å². The number of rotatable bonds is 7. The smallest absolute Gasteiger partial charge is 0.270 e. The number of nitro groups is 1. The molecule has 0 bridgehead atoms. The monoisotopic (exact) mass is 415 g/mol. The van der Waals surface area contributed by atoms with E-state index in [4.69, 9.17) is 0 Å². The molecule has 1 heterocycles. The lowest BCUT2D eigenvalue weighted by molar-refractivity contribution is -0.384. The molecule has 0 radical (unpaired) electrons. The number of benzene rings is 2. The number of non-ortho nitro benzene ring substituents is 1. The van der Waals surface area contributed by atoms with Gasteiger partial charge >= 0.3 is 0 Å². The van der Waals surface area contributed by atoms with E-state index in [9.17, 15) is 23.3 Å². The summed E-state index contributed by atoms with van der Waals surface area (Å²) in [5.41, 5.74) is 1.27. The van der Waals surface area contributed by atoms with Crippen LogP contribution in [0.15, 0.2) is 59.5 Å². The SMILES string of the molecule is O=C(/C=C/c1cccc([N+](=O)[O-])c1)NCc1ccc(S(=O)(=O)N2CCCC2)cc1. The van der Waals surface area contributed by atoms with Crippen LogP contribution in [0, 0.1) is 10.1 Å². The predicted octanol–water partition coefficient (Wildman–Crippen LogP) is 2.71. The van der Waals surface area contributed by atoms with Crippen molar-refractivity contribution in [3.8, 4) is 0 Å². The van der Waals surface area contributed by atoms with Crippen LogP contribution in [0.25, 0.3) is 6.08 Å². The molecule has 152 valence electrons. The third-order valence-corrected chi connectivity index (χ3v) is 6.51. The number of nitrogens with one attached hydrogen (secondary N) is 1. The maximum atomic E-state index is 12.5. The molecule has 29 heavy (non-hydrogen) atoms. The molecular formula is C20H21N3O5S. The number of sulfonamides is 1. The maximum Gasteiger partial charge on any atom is 0.270 e. The summed E-state index contributed by atoms with van der Waals surface area (Å²) >= 11 is 0. The Balaban J connectivity index is 1.56. The van der Waals surface area contributed by atoms with Crippen LogP contribution in [0.4, 0.5) is 5.69 Å². The van der Waals surface area contributed by atoms with Crippen molar-refractivity contribution in [2.75, 3.05) is 13.1 Å². The first-order chi connectivity index (χ1) is 13.9. The Hall–Kier alpha value is -3.04. The van der Waals surface area contributed by atoms with E-state index >= 15 is 0 Å². The van der Waals surface area contributed by atoms with E-state index in [0.29, 0.717) is 18.7 Å². The maximum absolute atomic E-state index is 12.5. The van der Waals surface area contributed by atoms with Gasteiger partial charge in [0.25, 0.3) is 5.69 Å². The van der Waals surface area contributed by atoms with Crippen LogP contribution in [-0.2, 0) is 21.4 Å². The molecule has 0 aliphatic carbocycles. The molecule has 1 aliphatic heterocycles. The minimum Gasteiger partial charge on any atom is -0.348 e. The highest BCUT2D eigenvalue weighted by molar-refractivity contribution is 7.89. The second-order valence-corrected chi connectivity index (χ2v) is 8.60. The van der Waals surface area contributed by atoms with Gasteiger partial charge in [-0.05, 0) is 42.2 Å². The Morgan fingerprint density at radius 2 is 1.83 bits per heavy atom. The van der Waals surface area contributed by atoms with E-state index in [0.717, 1.165) is 18.4 Å². The predicted molar refractivity (Wildman–Crippen MR) is 108 cm³/mol. The summed E-state index contributed by atoms with van der Waals surface area (Å²) in [6.07, 6.45) is 4.56. The average molecular weight is 415 g/mol. The van der Waals surface area contributed by atoms with Crippen LogP contribution in [-0.4, -0.2) is 36.6 Å². The van der Waals surface area contributed by atoms with Gasteiger partial charge in [0, 0.05) is 37.8 Å². The second kappa shape index (κ2) is 8.97. The standard InChI is InChI=1S/C20H21N3O5S/c24-20(11-8-16-4-3-5-18(14-16)23(25)26)21-15-17-6-9-19(10-7-17)29(27,28)22-12-1-2-13-22/h3-11,14H,1-2,12-13,15H2,(H,21,24)/b11-8+. The van der Waals surface area contributed by atoms with Gasteiger partial charge in [0.05, 0.1) is 9.82 Å². The summed E-state index contributed by atoms with van der Waals surface area (Å²) < 4.78 is 26.5. The molecule has 1 amide bonds. The van der Waals surface area contributed by atoms with Gasteiger partial charge in [0.15, 0.2) is 0 Å². The zero-order valence-electron chi connectivity index (χ0n) is 15.7. The first-order valence-electron chi connectivity index (χ1n) is 9.16. The number of hydrogen-bond donors (Lipinski definition) is 1. The minimum atomic E-state index is -3.45. The topological polar surface area (TPSA) is 110 Å². The van der Waals surface area contributed by atoms with Crippen molar-refractivity contribution in [3.63, 3.8) is 0 Å². The van der Waals surface area contributed by atoms with Gasteiger partial charge in [0.2, 0.25) is 15.9 Å². The summed E-state index contributed by atoms with van der Waals surface area (Å²) in [7, 11) is -3.45. The van der Waals surface area contributed by atoms with Crippen molar-refractivity contribution in [3.05, 3.63) is 75.8 Å². The summed E-state index contributed by atoms with van der Waals surface area (Å²) in [6.45, 7) is 1.34. The molecular weight excluding hydrogens is 394 g/mol. The third kappa shape index (κ3) is 5.27. The fourth-order valence-corrected chi connectivity index (χ4v) is 4.54. The van der Waals surface area contributed by atoms with Gasteiger partial charge < -0.3 is 5.32 Å². The zero-order valence-corrected chi connectivity index (χ0v) is 16.5. The Labute approximate surface area is 169 Å². The quantitative estimate of drug-likeness (QED) is 0.425. The van der Waals surface area contributed by atoms with Crippen molar-refractivity contribution >= 4 is 27.7 Å². The molecule has 8 nitrogen and oxygen atoms in total. The molecule has 3 rings (SSSR count). The van der Waals surface area contributed by atoms with Crippen LogP contribution >= 0.6 is 0 Å². The fraction of sp³-hybridized carbons (Fsp3) is 0.250. The Bertz CT molecular complexity index is 1030. The number of carbonyl (C=O) groups is 1. The summed E-state index contributed by atoms with van der Waals surface area (Å²) in [6, 6.07) is 12.4. The van der Waals surface area contributed by atoms with Crippen LogP contribution in [0.3, 0.4) is 0 Å². The molecule has 0 saturated carbocycles. The molecule has 0 aromatic heterocycles. The molecule has 2 aromatic carbocycles. The average Bonchev–Trinajstić information content (AvgIpc) is 3.27. The van der Waals surface area contributed by atoms with Gasteiger partial charge in [0.1, 0.15) is 0 Å². The fourth-order valence-electron chi connectivity index (χ4n) is 3.02. The van der Waals surface area contributed by atoms with E-state index < -0.39 is 14.9 Å². The Kier molecular flexibility index (Phi) is 6.40. The molecule has 9 heteroatoms. The lowest BCUT2D eigenvalue weighted by atomic mass is 10.2. The number of nitrogens with zero attached hydrogens (tertiary/aromatic N) is 2. The lowest BCUT2D eigenvalue weighted by Gasteiger charge is -2.15. The van der Waals surface area contributed by atoms with Gasteiger partial charge in [-0.15, -0.1) is 0 Å². The van der Waals surface area contributed by atoms with Crippen molar-refractivity contribution < 1.29 is 18.1 Å². The third-order valence-electron chi connectivity index (χ3n) is 4.60. The van der Waals surface area contributed by atoms with E-state index in [2.05, 4.69) is 5.32 Å². The highest BCUT2D eigenvalue weighted by Gasteiger charge is 2.26. The zero-order chi connectivity index (χ0) is 20.9. The molecule has 1 N–H and O–H groups in total. The van der Waals surface area contributed by atoms with E-state index in [-0.39, 0.29) is 23.0 Å². The van der Waals surface area contributed by atoms with E-state index in [1.807, 2.05) is 0 Å². The number of hydrogen-bond acceptors (Lipinski definition) is 5. The largest absolute Gasteiger partial charge is 0.348 e. The highest BCUT2D eigenvalue weighted by Crippen LogP contribution is 2.21. The van der Waals surface area contributed by atoms with Crippen molar-refractivity contribution in [1.82, 2.24) is 9.62 Å². The number of nitro benzene ring substituents is 1. The summed E-state index contributed by atoms with van der Waals surface area (Å²) in [5.74, 6) is -0.356. The van der Waals surface area contributed by atoms with E-state index in [1.165, 1.54) is 28.6 Å². The Morgan fingerprint density at radius 3 is 2.48 bits per heavy atom. The molecule has 1 aliphatic rings. The normalized spacial score (nSPS) is 14.9. The second-order valence-electron chi connectivity index (χ2n) is 6.66. The van der Waals surface area contributed by atoms with Crippen LogP contribution in [0.1, 0.15) is 24.0 Å². The van der Waals surface area contributed by atoms with E-state index in [1.54, 1.807) is 36.4 Å². The summed E-state index contributed by atoms with van der Waals surface area (Å²) in [4.78, 5) is 22.5. The van der Waals surface area contributed by atoms with Crippen LogP contribution in [0.5, 0.6) is 0 Å². The first-order valence-corrected chi connectivity index (χ1v) is 10.6. The molecule has 0 unspecified atom stereocenters. The van der Waals surface area contributed by atoms with Gasteiger partial charge in [-0.25, -0.2) is 8.42 Å². The molecule has 2 aromatic rings. The Morgan fingerprint density at radius 1 is 1.14 bits per heavy atom. The molecule has 1 saturated heterocycles. The van der Waals surface area contributed by atoms with Gasteiger partial charge in [-0.2, -0.15) is 4.31 Å². The number of carbonyl (C=O) groups excluding carboxylic acids is 1. The van der Waals surface area contributed by atoms with Crippen molar-refractivity contribution in [2.45, 2.75) is 24.3 Å². The van der Waals surface area contributed by atoms with Crippen LogP contribution in [0.2, 0.25) is 0 Å². The number of amides is 1.